The van der Waals surface area contributed by atoms with Crippen molar-refractivity contribution in [2.24, 2.45) is 5.73 Å². The van der Waals surface area contributed by atoms with Gasteiger partial charge in [-0.3, -0.25) is 4.79 Å². The molecule has 1 spiro atoms. The van der Waals surface area contributed by atoms with Crippen LogP contribution in [0.4, 0.5) is 11.5 Å². The van der Waals surface area contributed by atoms with Crippen molar-refractivity contribution in [3.8, 4) is 11.8 Å². The molecule has 1 amide bonds. The highest BCUT2D eigenvalue weighted by molar-refractivity contribution is 6.15. The monoisotopic (exact) mass is 438 g/mol. The van der Waals surface area contributed by atoms with E-state index < -0.39 is 5.41 Å². The number of nitriles is 1. The molecule has 7 nitrogen and oxygen atoms in total. The van der Waals surface area contributed by atoms with Gasteiger partial charge in [-0.25, -0.2) is 4.68 Å². The first-order chi connectivity index (χ1) is 15.9. The molecule has 0 aliphatic carbocycles. The van der Waals surface area contributed by atoms with Crippen LogP contribution in [0.2, 0.25) is 0 Å². The van der Waals surface area contributed by atoms with Gasteiger partial charge >= 0.3 is 0 Å². The van der Waals surface area contributed by atoms with Gasteiger partial charge in [-0.15, -0.1) is 0 Å². The second kappa shape index (κ2) is 7.24. The van der Waals surface area contributed by atoms with Crippen LogP contribution in [0, 0.1) is 32.1 Å². The minimum absolute atomic E-state index is 0.156. The van der Waals surface area contributed by atoms with Crippen molar-refractivity contribution in [3.63, 3.8) is 0 Å². The summed E-state index contributed by atoms with van der Waals surface area (Å²) in [5.41, 5.74) is 11.3. The van der Waals surface area contributed by atoms with Gasteiger partial charge in [0.25, 0.3) is 0 Å². The molecule has 5 rings (SSSR count). The van der Waals surface area contributed by atoms with Crippen LogP contribution >= 0.6 is 0 Å². The van der Waals surface area contributed by atoms with Gasteiger partial charge in [-0.2, -0.15) is 10.4 Å². The van der Waals surface area contributed by atoms with Crippen molar-refractivity contribution >= 4 is 17.4 Å². The van der Waals surface area contributed by atoms with Crippen molar-refractivity contribution in [2.45, 2.75) is 39.5 Å². The third kappa shape index (κ3) is 2.61. The number of carbonyl (C=O) groups excluding carboxylic acids is 1. The molecule has 0 bridgehead atoms. The standard InChI is InChI=1S/C26H26N6O/c1-5-12-31-20-9-7-6-8-18(20)26(25(31)33)19(14-27)23(28)29-24-22(26)17(4)30-32(24)21-13-15(2)10-11-16(21)3/h6-11,13,29H,5,12,28H2,1-4H3. The summed E-state index contributed by atoms with van der Waals surface area (Å²) in [7, 11) is 0. The number of aromatic nitrogens is 2. The molecule has 2 aliphatic rings. The average molecular weight is 439 g/mol. The van der Waals surface area contributed by atoms with E-state index in [1.54, 1.807) is 4.90 Å². The van der Waals surface area contributed by atoms with E-state index in [4.69, 9.17) is 10.8 Å². The molecule has 1 aromatic heterocycles. The van der Waals surface area contributed by atoms with Crippen LogP contribution in [-0.4, -0.2) is 22.2 Å². The minimum Gasteiger partial charge on any atom is -0.384 e. The predicted octanol–water partition coefficient (Wildman–Crippen LogP) is 3.96. The Hall–Kier alpha value is -4.05. The predicted molar refractivity (Wildman–Crippen MR) is 128 cm³/mol. The van der Waals surface area contributed by atoms with E-state index >= 15 is 0 Å². The molecule has 3 N–H and O–H groups in total. The minimum atomic E-state index is -1.33. The molecule has 0 fully saturated rings. The summed E-state index contributed by atoms with van der Waals surface area (Å²) >= 11 is 0. The highest BCUT2D eigenvalue weighted by Crippen LogP contribution is 2.55. The molecule has 0 saturated carbocycles. The summed E-state index contributed by atoms with van der Waals surface area (Å²) in [6, 6.07) is 16.1. The summed E-state index contributed by atoms with van der Waals surface area (Å²) in [6.07, 6.45) is 0.795. The van der Waals surface area contributed by atoms with E-state index in [-0.39, 0.29) is 17.3 Å². The lowest BCUT2D eigenvalue weighted by Crippen LogP contribution is -2.46. The number of rotatable bonds is 3. The second-order valence-corrected chi connectivity index (χ2v) is 8.76. The van der Waals surface area contributed by atoms with Crippen LogP contribution in [-0.2, 0) is 10.2 Å². The number of fused-ring (bicyclic) bond motifs is 4. The quantitative estimate of drug-likeness (QED) is 0.645. The lowest BCUT2D eigenvalue weighted by Gasteiger charge is -2.34. The summed E-state index contributed by atoms with van der Waals surface area (Å²) in [4.78, 5) is 16.0. The van der Waals surface area contributed by atoms with Crippen LogP contribution in [0.25, 0.3) is 5.69 Å². The first-order valence-corrected chi connectivity index (χ1v) is 11.1. The van der Waals surface area contributed by atoms with E-state index in [0.717, 1.165) is 34.5 Å². The molecular formula is C26H26N6O. The Kier molecular flexibility index (Phi) is 4.57. The van der Waals surface area contributed by atoms with Crippen LogP contribution in [0.15, 0.2) is 53.9 Å². The molecule has 3 heterocycles. The van der Waals surface area contributed by atoms with E-state index in [1.165, 1.54) is 0 Å². The smallest absolute Gasteiger partial charge is 0.247 e. The zero-order valence-electron chi connectivity index (χ0n) is 19.2. The van der Waals surface area contributed by atoms with Gasteiger partial charge in [0, 0.05) is 23.4 Å². The first kappa shape index (κ1) is 20.8. The molecule has 166 valence electrons. The summed E-state index contributed by atoms with van der Waals surface area (Å²) in [5, 5.41) is 18.3. The zero-order chi connectivity index (χ0) is 23.5. The molecule has 3 aromatic rings. The number of nitrogens with two attached hydrogens (primary N) is 1. The maximum Gasteiger partial charge on any atom is 0.247 e. The fraction of sp³-hybridized carbons (Fsp3) is 0.269. The zero-order valence-corrected chi connectivity index (χ0v) is 19.2. The maximum absolute atomic E-state index is 14.2. The molecule has 1 atom stereocenters. The van der Waals surface area contributed by atoms with Crippen LogP contribution in [0.1, 0.15) is 41.3 Å². The fourth-order valence-electron chi connectivity index (χ4n) is 5.26. The number of anilines is 2. The Morgan fingerprint density at radius 2 is 1.91 bits per heavy atom. The van der Waals surface area contributed by atoms with Crippen molar-refractivity contribution in [2.75, 3.05) is 16.8 Å². The van der Waals surface area contributed by atoms with Crippen molar-refractivity contribution in [3.05, 3.63) is 81.8 Å². The second-order valence-electron chi connectivity index (χ2n) is 8.76. The van der Waals surface area contributed by atoms with Crippen LogP contribution < -0.4 is 16.0 Å². The number of para-hydroxylation sites is 1. The molecule has 2 aromatic carbocycles. The number of nitrogens with zero attached hydrogens (tertiary/aromatic N) is 4. The molecule has 33 heavy (non-hydrogen) atoms. The van der Waals surface area contributed by atoms with Gasteiger partial charge in [-0.05, 0) is 50.5 Å². The maximum atomic E-state index is 14.2. The number of hydrogen-bond acceptors (Lipinski definition) is 5. The van der Waals surface area contributed by atoms with Crippen LogP contribution in [0.3, 0.4) is 0 Å². The molecule has 2 aliphatic heterocycles. The number of nitrogens with one attached hydrogen (secondary N) is 1. The van der Waals surface area contributed by atoms with Gasteiger partial charge in [0.15, 0.2) is 0 Å². The van der Waals surface area contributed by atoms with Gasteiger partial charge < -0.3 is 16.0 Å². The van der Waals surface area contributed by atoms with Crippen molar-refractivity contribution < 1.29 is 4.79 Å². The number of amides is 1. The van der Waals surface area contributed by atoms with Gasteiger partial charge in [0.1, 0.15) is 23.1 Å². The highest BCUT2D eigenvalue weighted by atomic mass is 16.2. The number of carbonyl (C=O) groups is 1. The Morgan fingerprint density at radius 1 is 1.15 bits per heavy atom. The summed E-state index contributed by atoms with van der Waals surface area (Å²) in [5.74, 6) is 0.647. The van der Waals surface area contributed by atoms with Crippen LogP contribution in [0.5, 0.6) is 0 Å². The SMILES string of the molecule is CCCN1C(=O)C2(C(C#N)=C(N)Nc3c2c(C)nn3-c2cc(C)ccc2C)c2ccccc21. The highest BCUT2D eigenvalue weighted by Gasteiger charge is 2.60. The van der Waals surface area contributed by atoms with E-state index in [1.807, 2.05) is 62.7 Å². The third-order valence-electron chi connectivity index (χ3n) is 6.65. The third-order valence-corrected chi connectivity index (χ3v) is 6.65. The van der Waals surface area contributed by atoms with E-state index in [9.17, 15) is 10.1 Å². The molecular weight excluding hydrogens is 412 g/mol. The first-order valence-electron chi connectivity index (χ1n) is 11.1. The topological polar surface area (TPSA) is 100.0 Å². The lowest BCUT2D eigenvalue weighted by atomic mass is 9.68. The van der Waals surface area contributed by atoms with Crippen molar-refractivity contribution in [1.82, 2.24) is 9.78 Å². The largest absolute Gasteiger partial charge is 0.384 e. The van der Waals surface area contributed by atoms with Crippen molar-refractivity contribution in [1.29, 1.82) is 5.26 Å². The Balaban J connectivity index is 1.89. The number of hydrogen-bond donors (Lipinski definition) is 2. The Labute approximate surface area is 193 Å². The Bertz CT molecular complexity index is 1390. The van der Waals surface area contributed by atoms with E-state index in [0.29, 0.717) is 23.6 Å². The number of aryl methyl sites for hydroxylation is 3. The number of benzene rings is 2. The normalized spacial score (nSPS) is 18.9. The summed E-state index contributed by atoms with van der Waals surface area (Å²) in [6.45, 7) is 8.54. The summed E-state index contributed by atoms with van der Waals surface area (Å²) < 4.78 is 1.81. The van der Waals surface area contributed by atoms with Gasteiger partial charge in [0.2, 0.25) is 5.91 Å². The molecule has 7 heteroatoms. The molecule has 0 radical (unpaired) electrons. The van der Waals surface area contributed by atoms with E-state index in [2.05, 4.69) is 23.5 Å². The van der Waals surface area contributed by atoms with Gasteiger partial charge in [0.05, 0.1) is 17.0 Å². The lowest BCUT2D eigenvalue weighted by molar-refractivity contribution is -0.120. The van der Waals surface area contributed by atoms with Gasteiger partial charge in [-0.1, -0.05) is 37.3 Å². The average Bonchev–Trinajstić information content (AvgIpc) is 3.24. The molecule has 1 unspecified atom stereocenters. The molecule has 0 saturated heterocycles. The Morgan fingerprint density at radius 3 is 2.64 bits per heavy atom. The fourth-order valence-corrected chi connectivity index (χ4v) is 5.26.